The predicted octanol–water partition coefficient (Wildman–Crippen LogP) is -3.96. The Morgan fingerprint density at radius 3 is 2.67 bits per heavy atom. The van der Waals surface area contributed by atoms with Crippen molar-refractivity contribution in [3.8, 4) is 0 Å². The Morgan fingerprint density at radius 1 is 1.78 bits per heavy atom. The van der Waals surface area contributed by atoms with Crippen LogP contribution in [0.3, 0.4) is 0 Å². The fourth-order valence-corrected chi connectivity index (χ4v) is 0.324. The van der Waals surface area contributed by atoms with Crippen molar-refractivity contribution < 1.29 is 43.9 Å². The summed E-state index contributed by atoms with van der Waals surface area (Å²) in [6.07, 6.45) is 2.41. The van der Waals surface area contributed by atoms with Crippen molar-refractivity contribution in [1.29, 1.82) is 0 Å². The van der Waals surface area contributed by atoms with Crippen LogP contribution in [0.1, 0.15) is 10.7 Å². The molecule has 0 fully saturated rings. The molecule has 0 aliphatic rings. The Hall–Kier alpha value is -0.320. The SMILES string of the molecule is O=C([O-])c1ncco1.[Na+]. The van der Waals surface area contributed by atoms with E-state index in [0.717, 1.165) is 0 Å². The molecule has 0 aliphatic carbocycles. The summed E-state index contributed by atoms with van der Waals surface area (Å²) < 4.78 is 4.32. The zero-order valence-corrected chi connectivity index (χ0v) is 6.83. The van der Waals surface area contributed by atoms with Crippen molar-refractivity contribution in [2.45, 2.75) is 0 Å². The first kappa shape index (κ1) is 8.68. The van der Waals surface area contributed by atoms with E-state index in [2.05, 4.69) is 9.40 Å². The van der Waals surface area contributed by atoms with Gasteiger partial charge < -0.3 is 14.3 Å². The number of aromatic nitrogens is 1. The van der Waals surface area contributed by atoms with E-state index in [4.69, 9.17) is 0 Å². The molecule has 0 saturated heterocycles. The number of aromatic carboxylic acids is 1. The van der Waals surface area contributed by atoms with Gasteiger partial charge in [-0.05, 0) is 0 Å². The van der Waals surface area contributed by atoms with Crippen LogP contribution in [0.4, 0.5) is 0 Å². The average molecular weight is 135 g/mol. The molecule has 0 saturated carbocycles. The van der Waals surface area contributed by atoms with Gasteiger partial charge in [0.2, 0.25) is 5.89 Å². The van der Waals surface area contributed by atoms with Crippen LogP contribution >= 0.6 is 0 Å². The van der Waals surface area contributed by atoms with Crippen molar-refractivity contribution in [1.82, 2.24) is 4.98 Å². The smallest absolute Gasteiger partial charge is 0.540 e. The maximum atomic E-state index is 9.79. The average Bonchev–Trinajstić information content (AvgIpc) is 2.12. The van der Waals surface area contributed by atoms with Crippen LogP contribution in [-0.2, 0) is 0 Å². The third-order valence-electron chi connectivity index (χ3n) is 0.607. The number of carbonyl (C=O) groups is 1. The van der Waals surface area contributed by atoms with Gasteiger partial charge in [-0.1, -0.05) is 0 Å². The zero-order chi connectivity index (χ0) is 5.98. The maximum absolute atomic E-state index is 9.79. The first-order valence-electron chi connectivity index (χ1n) is 1.91. The second kappa shape index (κ2) is 3.66. The third kappa shape index (κ3) is 2.17. The van der Waals surface area contributed by atoms with Gasteiger partial charge in [0.05, 0.1) is 6.20 Å². The summed E-state index contributed by atoms with van der Waals surface area (Å²) in [5.41, 5.74) is 0. The molecule has 0 aromatic carbocycles. The van der Waals surface area contributed by atoms with Gasteiger partial charge in [0.15, 0.2) is 0 Å². The second-order valence-corrected chi connectivity index (χ2v) is 1.12. The maximum Gasteiger partial charge on any atom is 1.00 e. The molecule has 1 aromatic rings. The quantitative estimate of drug-likeness (QED) is 0.368. The monoisotopic (exact) mass is 135 g/mol. The van der Waals surface area contributed by atoms with Crippen molar-refractivity contribution in [3.63, 3.8) is 0 Å². The summed E-state index contributed by atoms with van der Waals surface area (Å²) >= 11 is 0. The molecule has 5 heteroatoms. The normalized spacial score (nSPS) is 8.00. The van der Waals surface area contributed by atoms with E-state index in [1.807, 2.05) is 0 Å². The van der Waals surface area contributed by atoms with Gasteiger partial charge in [0.1, 0.15) is 12.2 Å². The Bertz CT molecular complexity index is 184. The first-order valence-corrected chi connectivity index (χ1v) is 1.91. The summed E-state index contributed by atoms with van der Waals surface area (Å²) in [4.78, 5) is 13.1. The number of rotatable bonds is 1. The Morgan fingerprint density at radius 2 is 2.44 bits per heavy atom. The van der Waals surface area contributed by atoms with E-state index in [-0.39, 0.29) is 35.4 Å². The second-order valence-electron chi connectivity index (χ2n) is 1.12. The van der Waals surface area contributed by atoms with Crippen LogP contribution < -0.4 is 34.7 Å². The summed E-state index contributed by atoms with van der Waals surface area (Å²) in [5, 5.41) is 9.79. The predicted molar refractivity (Wildman–Crippen MR) is 20.8 cm³/mol. The number of hydrogen-bond acceptors (Lipinski definition) is 4. The van der Waals surface area contributed by atoms with Crippen molar-refractivity contribution >= 4 is 5.97 Å². The number of hydrogen-bond donors (Lipinski definition) is 0. The van der Waals surface area contributed by atoms with Crippen LogP contribution in [0, 0.1) is 0 Å². The molecule has 0 amide bonds. The van der Waals surface area contributed by atoms with Crippen molar-refractivity contribution in [2.24, 2.45) is 0 Å². The molecule has 9 heavy (non-hydrogen) atoms. The van der Waals surface area contributed by atoms with E-state index < -0.39 is 5.97 Å². The molecule has 0 bridgehead atoms. The summed E-state index contributed by atoms with van der Waals surface area (Å²) in [5.74, 6) is -1.78. The molecule has 42 valence electrons. The fourth-order valence-electron chi connectivity index (χ4n) is 0.324. The van der Waals surface area contributed by atoms with Crippen molar-refractivity contribution in [2.75, 3.05) is 0 Å². The van der Waals surface area contributed by atoms with Gasteiger partial charge in [-0.25, -0.2) is 4.98 Å². The number of carbonyl (C=O) groups excluding carboxylic acids is 1. The zero-order valence-electron chi connectivity index (χ0n) is 4.83. The molecule has 1 aromatic heterocycles. The van der Waals surface area contributed by atoms with E-state index >= 15 is 0 Å². The Kier molecular flexibility index (Phi) is 3.53. The number of nitrogens with zero attached hydrogens (tertiary/aromatic N) is 1. The molecule has 1 heterocycles. The van der Waals surface area contributed by atoms with Crippen LogP contribution in [0.25, 0.3) is 0 Å². The molecule has 0 aliphatic heterocycles. The fraction of sp³-hybridized carbons (Fsp3) is 0. The molecular weight excluding hydrogens is 133 g/mol. The minimum absolute atomic E-state index is 0. The van der Waals surface area contributed by atoms with Crippen LogP contribution in [0.15, 0.2) is 16.9 Å². The molecule has 0 spiro atoms. The van der Waals surface area contributed by atoms with Crippen LogP contribution in [0.2, 0.25) is 0 Å². The molecule has 0 N–H and O–H groups in total. The van der Waals surface area contributed by atoms with Gasteiger partial charge in [0.25, 0.3) is 0 Å². The van der Waals surface area contributed by atoms with Gasteiger partial charge in [-0.3, -0.25) is 0 Å². The van der Waals surface area contributed by atoms with E-state index in [9.17, 15) is 9.90 Å². The first-order chi connectivity index (χ1) is 3.80. The standard InChI is InChI=1S/C4H3NO3.Na/c6-4(7)3-5-1-2-8-3;/h1-2H,(H,6,7);/q;+1/p-1. The minimum atomic E-state index is -1.39. The van der Waals surface area contributed by atoms with Gasteiger partial charge in [-0.15, -0.1) is 0 Å². The number of carboxylic acid groups (broad SMARTS) is 1. The molecule has 0 unspecified atom stereocenters. The Labute approximate surface area is 73.2 Å². The topological polar surface area (TPSA) is 66.2 Å². The largest absolute Gasteiger partial charge is 1.00 e. The molecule has 0 atom stereocenters. The van der Waals surface area contributed by atoms with Crippen molar-refractivity contribution in [3.05, 3.63) is 18.4 Å². The minimum Gasteiger partial charge on any atom is -0.540 e. The van der Waals surface area contributed by atoms with E-state index in [1.54, 1.807) is 0 Å². The molecule has 4 nitrogen and oxygen atoms in total. The third-order valence-corrected chi connectivity index (χ3v) is 0.607. The van der Waals surface area contributed by atoms with E-state index in [1.165, 1.54) is 12.5 Å². The summed E-state index contributed by atoms with van der Waals surface area (Å²) in [6.45, 7) is 0. The molecular formula is C4H2NNaO3. The molecule has 0 radical (unpaired) electrons. The number of carboxylic acids is 1. The van der Waals surface area contributed by atoms with Crippen LogP contribution in [0.5, 0.6) is 0 Å². The summed E-state index contributed by atoms with van der Waals surface area (Å²) in [6, 6.07) is 0. The van der Waals surface area contributed by atoms with Gasteiger partial charge in [0, 0.05) is 0 Å². The van der Waals surface area contributed by atoms with Gasteiger partial charge in [-0.2, -0.15) is 0 Å². The molecule has 1 rings (SSSR count). The summed E-state index contributed by atoms with van der Waals surface area (Å²) in [7, 11) is 0. The van der Waals surface area contributed by atoms with Gasteiger partial charge >= 0.3 is 29.6 Å². The van der Waals surface area contributed by atoms with Crippen LogP contribution in [-0.4, -0.2) is 11.0 Å². The van der Waals surface area contributed by atoms with E-state index in [0.29, 0.717) is 0 Å². The Balaban J connectivity index is 0.000000640. The number of oxazole rings is 1.